The Hall–Kier alpha value is -1.27. The van der Waals surface area contributed by atoms with Gasteiger partial charge in [-0.15, -0.1) is 0 Å². The minimum absolute atomic E-state index is 0.0476. The third kappa shape index (κ3) is 5.39. The first-order valence-corrected chi connectivity index (χ1v) is 9.28. The van der Waals surface area contributed by atoms with Crippen molar-refractivity contribution in [3.8, 4) is 0 Å². The van der Waals surface area contributed by atoms with Crippen molar-refractivity contribution in [2.75, 3.05) is 19.6 Å². The quantitative estimate of drug-likeness (QED) is 0.866. The smallest absolute Gasteiger partial charge is 0.224 e. The molecule has 128 valence electrons. The van der Waals surface area contributed by atoms with Gasteiger partial charge in [0.25, 0.3) is 0 Å². The van der Waals surface area contributed by atoms with Crippen LogP contribution in [0.5, 0.6) is 0 Å². The van der Waals surface area contributed by atoms with Gasteiger partial charge in [0.1, 0.15) is 16.8 Å². The van der Waals surface area contributed by atoms with Crippen molar-refractivity contribution in [3.05, 3.63) is 30.1 Å². The first kappa shape index (κ1) is 18.1. The van der Waals surface area contributed by atoms with E-state index in [1.54, 1.807) is 0 Å². The predicted molar refractivity (Wildman–Crippen MR) is 89.6 cm³/mol. The lowest BCUT2D eigenvalue weighted by Crippen LogP contribution is -2.43. The highest BCUT2D eigenvalue weighted by molar-refractivity contribution is 7.82. The summed E-state index contributed by atoms with van der Waals surface area (Å²) in [5, 5.41) is 2.98. The number of amides is 1. The molecule has 1 fully saturated rings. The Balaban J connectivity index is 1.91. The lowest BCUT2D eigenvalue weighted by molar-refractivity contribution is -0.126. The zero-order chi connectivity index (χ0) is 16.8. The Morgan fingerprint density at radius 3 is 2.74 bits per heavy atom. The van der Waals surface area contributed by atoms with Crippen LogP contribution >= 0.6 is 0 Å². The van der Waals surface area contributed by atoms with Gasteiger partial charge in [0.2, 0.25) is 5.91 Å². The van der Waals surface area contributed by atoms with Crippen LogP contribution in [0, 0.1) is 17.7 Å². The monoisotopic (exact) mass is 340 g/mol. The fourth-order valence-corrected chi connectivity index (χ4v) is 3.91. The average Bonchev–Trinajstić information content (AvgIpc) is 2.54. The maximum absolute atomic E-state index is 13.0. The van der Waals surface area contributed by atoms with Crippen molar-refractivity contribution >= 4 is 16.9 Å². The summed E-state index contributed by atoms with van der Waals surface area (Å²) >= 11 is 0. The minimum Gasteiger partial charge on any atom is -0.356 e. The fourth-order valence-electron chi connectivity index (χ4n) is 2.64. The molecule has 1 N–H and O–H groups in total. The number of carbonyl (C=O) groups is 1. The Kier molecular flexibility index (Phi) is 6.72. The second-order valence-corrected chi connectivity index (χ2v) is 7.89. The summed E-state index contributed by atoms with van der Waals surface area (Å²) < 4.78 is 27.3. The van der Waals surface area contributed by atoms with E-state index in [-0.39, 0.29) is 17.6 Å². The lowest BCUT2D eigenvalue weighted by Gasteiger charge is -2.30. The van der Waals surface area contributed by atoms with Gasteiger partial charge in [-0.2, -0.15) is 0 Å². The summed E-state index contributed by atoms with van der Waals surface area (Å²) in [6.45, 7) is 6.12. The van der Waals surface area contributed by atoms with Crippen molar-refractivity contribution in [3.63, 3.8) is 0 Å². The topological polar surface area (TPSA) is 49.4 Å². The second-order valence-electron chi connectivity index (χ2n) is 6.40. The maximum atomic E-state index is 13.0. The molecule has 0 radical (unpaired) electrons. The minimum atomic E-state index is -1.34. The van der Waals surface area contributed by atoms with Gasteiger partial charge in [0.15, 0.2) is 0 Å². The number of benzene rings is 1. The van der Waals surface area contributed by atoms with Crippen LogP contribution in [-0.4, -0.2) is 34.1 Å². The summed E-state index contributed by atoms with van der Waals surface area (Å²) in [7, 11) is -1.34. The molecule has 6 heteroatoms. The van der Waals surface area contributed by atoms with Gasteiger partial charge in [0.05, 0.1) is 10.8 Å². The molecule has 1 aromatic rings. The van der Waals surface area contributed by atoms with Gasteiger partial charge in [-0.1, -0.05) is 13.8 Å². The molecule has 0 aliphatic carbocycles. The van der Waals surface area contributed by atoms with Crippen LogP contribution in [0.4, 0.5) is 4.39 Å². The molecular weight excluding hydrogens is 315 g/mol. The number of piperidine rings is 1. The highest BCUT2D eigenvalue weighted by atomic mass is 32.2. The van der Waals surface area contributed by atoms with Crippen LogP contribution in [0.1, 0.15) is 33.1 Å². The normalized spacial score (nSPS) is 20.4. The SMILES string of the molecule is CC(C)CCNC(=O)C1CCCN(S(=O)c2ccc(F)cc2)C1. The molecule has 2 unspecified atom stereocenters. The largest absolute Gasteiger partial charge is 0.356 e. The molecule has 2 rings (SSSR count). The van der Waals surface area contributed by atoms with Crippen molar-refractivity contribution in [1.29, 1.82) is 0 Å². The molecule has 1 aromatic carbocycles. The van der Waals surface area contributed by atoms with E-state index in [1.165, 1.54) is 24.3 Å². The standard InChI is InChI=1S/C17H25FN2O2S/c1-13(2)9-10-19-17(21)14-4-3-11-20(12-14)23(22)16-7-5-15(18)6-8-16/h5-8,13-14H,3-4,9-12H2,1-2H3,(H,19,21). The zero-order valence-electron chi connectivity index (χ0n) is 13.8. The Morgan fingerprint density at radius 2 is 2.09 bits per heavy atom. The first-order chi connectivity index (χ1) is 11.0. The fraction of sp³-hybridized carbons (Fsp3) is 0.588. The summed E-state index contributed by atoms with van der Waals surface area (Å²) in [5.41, 5.74) is 0. The maximum Gasteiger partial charge on any atom is 0.224 e. The molecule has 23 heavy (non-hydrogen) atoms. The van der Waals surface area contributed by atoms with E-state index >= 15 is 0 Å². The molecule has 1 saturated heterocycles. The number of nitrogens with zero attached hydrogens (tertiary/aromatic N) is 1. The van der Waals surface area contributed by atoms with E-state index in [0.717, 1.165) is 19.3 Å². The molecule has 0 saturated carbocycles. The second kappa shape index (κ2) is 8.55. The average molecular weight is 340 g/mol. The molecule has 2 atom stereocenters. The van der Waals surface area contributed by atoms with E-state index in [0.29, 0.717) is 30.4 Å². The molecule has 0 spiro atoms. The highest BCUT2D eigenvalue weighted by Crippen LogP contribution is 2.21. The van der Waals surface area contributed by atoms with E-state index in [1.807, 2.05) is 4.31 Å². The summed E-state index contributed by atoms with van der Waals surface area (Å²) in [6.07, 6.45) is 2.63. The number of hydrogen-bond donors (Lipinski definition) is 1. The van der Waals surface area contributed by atoms with Crippen LogP contribution < -0.4 is 5.32 Å². The molecule has 4 nitrogen and oxygen atoms in total. The number of halogens is 1. The summed E-state index contributed by atoms with van der Waals surface area (Å²) in [6, 6.07) is 5.70. The Bertz CT molecular complexity index is 548. The Labute approximate surface area is 140 Å². The van der Waals surface area contributed by atoms with Gasteiger partial charge < -0.3 is 5.32 Å². The van der Waals surface area contributed by atoms with E-state index in [2.05, 4.69) is 19.2 Å². The molecule has 0 bridgehead atoms. The van der Waals surface area contributed by atoms with Crippen LogP contribution in [0.3, 0.4) is 0 Å². The number of hydrogen-bond acceptors (Lipinski definition) is 2. The van der Waals surface area contributed by atoms with E-state index in [4.69, 9.17) is 0 Å². The molecule has 1 amide bonds. The molecular formula is C17H25FN2O2S. The van der Waals surface area contributed by atoms with Crippen LogP contribution in [0.15, 0.2) is 29.2 Å². The lowest BCUT2D eigenvalue weighted by atomic mass is 9.98. The molecule has 1 aliphatic rings. The first-order valence-electron chi connectivity index (χ1n) is 8.17. The summed E-state index contributed by atoms with van der Waals surface area (Å²) in [5.74, 6) is 0.141. The van der Waals surface area contributed by atoms with Gasteiger partial charge in [-0.25, -0.2) is 12.9 Å². The van der Waals surface area contributed by atoms with Crippen LogP contribution in [0.2, 0.25) is 0 Å². The van der Waals surface area contributed by atoms with Gasteiger partial charge in [-0.05, 0) is 49.4 Å². The van der Waals surface area contributed by atoms with Crippen molar-refractivity contribution < 1.29 is 13.4 Å². The Morgan fingerprint density at radius 1 is 1.39 bits per heavy atom. The third-order valence-electron chi connectivity index (χ3n) is 4.03. The summed E-state index contributed by atoms with van der Waals surface area (Å²) in [4.78, 5) is 12.8. The zero-order valence-corrected chi connectivity index (χ0v) is 14.6. The third-order valence-corrected chi connectivity index (χ3v) is 5.50. The van der Waals surface area contributed by atoms with Gasteiger partial charge in [-0.3, -0.25) is 4.79 Å². The van der Waals surface area contributed by atoms with Crippen molar-refractivity contribution in [1.82, 2.24) is 9.62 Å². The number of rotatable bonds is 6. The van der Waals surface area contributed by atoms with E-state index < -0.39 is 11.0 Å². The van der Waals surface area contributed by atoms with Crippen LogP contribution in [-0.2, 0) is 15.8 Å². The van der Waals surface area contributed by atoms with Gasteiger partial charge in [0, 0.05) is 19.6 Å². The molecule has 0 aromatic heterocycles. The predicted octanol–water partition coefficient (Wildman–Crippen LogP) is 2.72. The highest BCUT2D eigenvalue weighted by Gasteiger charge is 2.28. The van der Waals surface area contributed by atoms with Crippen molar-refractivity contribution in [2.24, 2.45) is 11.8 Å². The van der Waals surface area contributed by atoms with E-state index in [9.17, 15) is 13.4 Å². The molecule has 1 heterocycles. The van der Waals surface area contributed by atoms with Crippen molar-refractivity contribution in [2.45, 2.75) is 38.0 Å². The van der Waals surface area contributed by atoms with Crippen LogP contribution in [0.25, 0.3) is 0 Å². The number of nitrogens with one attached hydrogen (secondary N) is 1. The number of carbonyl (C=O) groups excluding carboxylic acids is 1. The van der Waals surface area contributed by atoms with Gasteiger partial charge >= 0.3 is 0 Å². The molecule has 1 aliphatic heterocycles.